The van der Waals surface area contributed by atoms with Crippen molar-refractivity contribution in [2.45, 2.75) is 25.3 Å². The minimum absolute atomic E-state index is 0.610. The average molecular weight is 297 g/mol. The van der Waals surface area contributed by atoms with Crippen LogP contribution in [0.5, 0.6) is 0 Å². The van der Waals surface area contributed by atoms with E-state index in [9.17, 15) is 0 Å². The van der Waals surface area contributed by atoms with Gasteiger partial charge in [0.15, 0.2) is 5.96 Å². The topological polar surface area (TPSA) is 54.2 Å². The monoisotopic (exact) mass is 297 g/mol. The summed E-state index contributed by atoms with van der Waals surface area (Å²) in [6.07, 6.45) is 5.99. The normalized spacial score (nSPS) is 16.8. The maximum absolute atomic E-state index is 4.28. The highest BCUT2D eigenvalue weighted by Gasteiger charge is 2.25. The third kappa shape index (κ3) is 3.47. The minimum Gasteiger partial charge on any atom is -0.356 e. The third-order valence-corrected chi connectivity index (χ3v) is 4.12. The fraction of sp³-hybridized carbons (Fsp3) is 0.412. The first-order chi connectivity index (χ1) is 10.9. The van der Waals surface area contributed by atoms with Crippen LogP contribution in [-0.4, -0.2) is 35.9 Å². The van der Waals surface area contributed by atoms with Crippen LogP contribution in [0.4, 0.5) is 0 Å². The van der Waals surface area contributed by atoms with Gasteiger partial charge in [0, 0.05) is 45.0 Å². The Bertz CT molecular complexity index is 618. The summed E-state index contributed by atoms with van der Waals surface area (Å²) in [7, 11) is 1.82. The molecular weight excluding hydrogens is 274 g/mol. The zero-order valence-electron chi connectivity index (χ0n) is 13.0. The van der Waals surface area contributed by atoms with Crippen molar-refractivity contribution in [3.63, 3.8) is 0 Å². The van der Waals surface area contributed by atoms with Crippen LogP contribution in [0.15, 0.2) is 47.7 Å². The lowest BCUT2D eigenvalue weighted by atomic mass is 9.78. The molecule has 5 nitrogen and oxygen atoms in total. The molecule has 3 rings (SSSR count). The third-order valence-electron chi connectivity index (χ3n) is 4.12. The Morgan fingerprint density at radius 1 is 1.32 bits per heavy atom. The van der Waals surface area contributed by atoms with E-state index in [1.807, 2.05) is 30.2 Å². The number of fused-ring (bicyclic) bond motifs is 1. The Kier molecular flexibility index (Phi) is 4.73. The number of nitrogens with one attached hydrogen (secondary N) is 2. The average Bonchev–Trinajstić information content (AvgIpc) is 3.03. The lowest BCUT2D eigenvalue weighted by Crippen LogP contribution is -2.41. The van der Waals surface area contributed by atoms with Crippen LogP contribution in [-0.2, 0) is 13.0 Å². The highest BCUT2D eigenvalue weighted by atomic mass is 15.3. The zero-order chi connectivity index (χ0) is 15.2. The molecule has 0 radical (unpaired) electrons. The Hall–Kier alpha value is -2.30. The summed E-state index contributed by atoms with van der Waals surface area (Å²) in [5.41, 5.74) is 2.96. The maximum atomic E-state index is 4.28. The predicted octanol–water partition coefficient (Wildman–Crippen LogP) is 1.78. The molecule has 1 unspecified atom stereocenters. The second-order valence-electron chi connectivity index (χ2n) is 5.60. The molecule has 2 aromatic rings. The summed E-state index contributed by atoms with van der Waals surface area (Å²) in [5.74, 6) is 1.49. The lowest BCUT2D eigenvalue weighted by molar-refractivity contribution is 0.561. The summed E-state index contributed by atoms with van der Waals surface area (Å²) in [6, 6.07) is 10.6. The van der Waals surface area contributed by atoms with E-state index in [0.717, 1.165) is 32.0 Å². The molecule has 0 amide bonds. The van der Waals surface area contributed by atoms with Crippen LogP contribution in [0, 0.1) is 0 Å². The molecule has 1 aromatic heterocycles. The molecule has 1 aliphatic carbocycles. The fourth-order valence-corrected chi connectivity index (χ4v) is 2.87. The molecule has 1 aromatic carbocycles. The largest absolute Gasteiger partial charge is 0.356 e. The second-order valence-corrected chi connectivity index (χ2v) is 5.60. The Labute approximate surface area is 131 Å². The van der Waals surface area contributed by atoms with Crippen LogP contribution in [0.2, 0.25) is 0 Å². The maximum Gasteiger partial charge on any atom is 0.190 e. The number of hydrogen-bond donors (Lipinski definition) is 2. The summed E-state index contributed by atoms with van der Waals surface area (Å²) < 4.78 is 1.95. The van der Waals surface area contributed by atoms with Gasteiger partial charge in [0.1, 0.15) is 0 Å². The molecule has 0 saturated heterocycles. The van der Waals surface area contributed by atoms with Gasteiger partial charge in [0.05, 0.1) is 0 Å². The van der Waals surface area contributed by atoms with Crippen LogP contribution < -0.4 is 10.6 Å². The SMILES string of the molecule is CN=C(NCCCn1cccn1)NCC1Cc2ccccc21. The molecule has 0 fully saturated rings. The number of benzene rings is 1. The van der Waals surface area contributed by atoms with Gasteiger partial charge >= 0.3 is 0 Å². The van der Waals surface area contributed by atoms with Crippen LogP contribution in [0.25, 0.3) is 0 Å². The molecule has 1 aliphatic rings. The molecular formula is C17H23N5. The van der Waals surface area contributed by atoms with Crippen LogP contribution >= 0.6 is 0 Å². The number of guanidine groups is 1. The molecule has 0 aliphatic heterocycles. The van der Waals surface area contributed by atoms with E-state index in [2.05, 4.69) is 45.0 Å². The Morgan fingerprint density at radius 3 is 3.00 bits per heavy atom. The Morgan fingerprint density at radius 2 is 2.23 bits per heavy atom. The van der Waals surface area contributed by atoms with E-state index in [-0.39, 0.29) is 0 Å². The Balaban J connectivity index is 1.36. The molecule has 0 saturated carbocycles. The summed E-state index contributed by atoms with van der Waals surface area (Å²) >= 11 is 0. The first kappa shape index (κ1) is 14.6. The van der Waals surface area contributed by atoms with E-state index in [0.29, 0.717) is 5.92 Å². The standard InChI is InChI=1S/C17H23N5/c1-18-17(19-8-4-10-22-11-5-9-21-22)20-13-15-12-14-6-2-3-7-16(14)15/h2-3,5-7,9,11,15H,4,8,10,12-13H2,1H3,(H2,18,19,20). The van der Waals surface area contributed by atoms with E-state index in [4.69, 9.17) is 0 Å². The zero-order valence-corrected chi connectivity index (χ0v) is 13.0. The van der Waals surface area contributed by atoms with Gasteiger partial charge in [-0.1, -0.05) is 24.3 Å². The minimum atomic E-state index is 0.610. The van der Waals surface area contributed by atoms with Crippen molar-refractivity contribution < 1.29 is 0 Å². The number of aryl methyl sites for hydroxylation is 1. The summed E-state index contributed by atoms with van der Waals surface area (Å²) in [4.78, 5) is 4.28. The fourth-order valence-electron chi connectivity index (χ4n) is 2.87. The van der Waals surface area contributed by atoms with Crippen LogP contribution in [0.3, 0.4) is 0 Å². The molecule has 116 valence electrons. The van der Waals surface area contributed by atoms with Gasteiger partial charge in [0.25, 0.3) is 0 Å². The van der Waals surface area contributed by atoms with Gasteiger partial charge < -0.3 is 10.6 Å². The van der Waals surface area contributed by atoms with E-state index >= 15 is 0 Å². The highest BCUT2D eigenvalue weighted by Crippen LogP contribution is 2.33. The van der Waals surface area contributed by atoms with Gasteiger partial charge in [-0.05, 0) is 30.0 Å². The van der Waals surface area contributed by atoms with Crippen molar-refractivity contribution in [2.75, 3.05) is 20.1 Å². The summed E-state index contributed by atoms with van der Waals surface area (Å²) in [5, 5.41) is 11.0. The van der Waals surface area contributed by atoms with Gasteiger partial charge in [-0.25, -0.2) is 0 Å². The summed E-state index contributed by atoms with van der Waals surface area (Å²) in [6.45, 7) is 2.75. The van der Waals surface area contributed by atoms with Gasteiger partial charge in [-0.2, -0.15) is 5.10 Å². The number of rotatable bonds is 6. The van der Waals surface area contributed by atoms with Gasteiger partial charge in [-0.15, -0.1) is 0 Å². The first-order valence-electron chi connectivity index (χ1n) is 7.86. The van der Waals surface area contributed by atoms with Gasteiger partial charge in [0.2, 0.25) is 0 Å². The van der Waals surface area contributed by atoms with Crippen molar-refractivity contribution in [3.8, 4) is 0 Å². The van der Waals surface area contributed by atoms with Crippen molar-refractivity contribution in [1.82, 2.24) is 20.4 Å². The smallest absolute Gasteiger partial charge is 0.190 e. The molecule has 5 heteroatoms. The molecule has 0 spiro atoms. The van der Waals surface area contributed by atoms with Crippen molar-refractivity contribution in [2.24, 2.45) is 4.99 Å². The molecule has 2 N–H and O–H groups in total. The number of hydrogen-bond acceptors (Lipinski definition) is 2. The number of aliphatic imine (C=N–C) groups is 1. The molecule has 0 bridgehead atoms. The predicted molar refractivity (Wildman–Crippen MR) is 89.1 cm³/mol. The molecule has 22 heavy (non-hydrogen) atoms. The van der Waals surface area contributed by atoms with Crippen molar-refractivity contribution in [1.29, 1.82) is 0 Å². The first-order valence-corrected chi connectivity index (χ1v) is 7.86. The molecule has 1 atom stereocenters. The molecule has 1 heterocycles. The van der Waals surface area contributed by atoms with Crippen molar-refractivity contribution in [3.05, 3.63) is 53.9 Å². The van der Waals surface area contributed by atoms with Crippen LogP contribution in [0.1, 0.15) is 23.5 Å². The van der Waals surface area contributed by atoms with E-state index in [1.54, 1.807) is 0 Å². The number of aromatic nitrogens is 2. The van der Waals surface area contributed by atoms with Gasteiger partial charge in [-0.3, -0.25) is 9.67 Å². The highest BCUT2D eigenvalue weighted by molar-refractivity contribution is 5.79. The second kappa shape index (κ2) is 7.11. The number of nitrogens with zero attached hydrogens (tertiary/aromatic N) is 3. The van der Waals surface area contributed by atoms with E-state index < -0.39 is 0 Å². The van der Waals surface area contributed by atoms with E-state index in [1.165, 1.54) is 17.5 Å². The quantitative estimate of drug-likeness (QED) is 0.485. The lowest BCUT2D eigenvalue weighted by Gasteiger charge is -2.30. The van der Waals surface area contributed by atoms with Crippen molar-refractivity contribution >= 4 is 5.96 Å².